The number of hydrogen-bond donors (Lipinski definition) is 2. The van der Waals surface area contributed by atoms with E-state index in [1.54, 1.807) is 49.4 Å². The molecule has 1 heterocycles. The van der Waals surface area contributed by atoms with Gasteiger partial charge in [0.2, 0.25) is 5.91 Å². The van der Waals surface area contributed by atoms with Crippen molar-refractivity contribution in [3.63, 3.8) is 0 Å². The van der Waals surface area contributed by atoms with Crippen molar-refractivity contribution in [2.75, 3.05) is 10.6 Å². The predicted octanol–water partition coefficient (Wildman–Crippen LogP) is 3.99. The highest BCUT2D eigenvalue weighted by molar-refractivity contribution is 9.10. The first-order valence-electron chi connectivity index (χ1n) is 7.73. The van der Waals surface area contributed by atoms with E-state index >= 15 is 0 Å². The predicted molar refractivity (Wildman–Crippen MR) is 107 cm³/mol. The molecule has 6 nitrogen and oxygen atoms in total. The van der Waals surface area contributed by atoms with E-state index in [1.165, 1.54) is 6.92 Å². The van der Waals surface area contributed by atoms with Gasteiger partial charge in [-0.05, 0) is 48.9 Å². The fourth-order valence-corrected chi connectivity index (χ4v) is 4.45. The smallest absolute Gasteiger partial charge is 0.285 e. The molecule has 2 aromatic carbocycles. The van der Waals surface area contributed by atoms with Crippen LogP contribution in [0.1, 0.15) is 19.4 Å². The molecule has 0 atom stereocenters. The molecule has 8 heteroatoms. The summed E-state index contributed by atoms with van der Waals surface area (Å²) in [4.78, 5) is 11.3. The summed E-state index contributed by atoms with van der Waals surface area (Å²) < 4.78 is 29.7. The van der Waals surface area contributed by atoms with Gasteiger partial charge in [-0.1, -0.05) is 28.1 Å². The van der Waals surface area contributed by atoms with E-state index < -0.39 is 10.0 Å². The van der Waals surface area contributed by atoms with Crippen LogP contribution in [0.25, 0.3) is 4.91 Å². The molecule has 2 aromatic rings. The zero-order chi connectivity index (χ0) is 18.9. The largest absolute Gasteiger partial charge is 0.339 e. The van der Waals surface area contributed by atoms with Gasteiger partial charge in [-0.15, -0.1) is 4.40 Å². The average Bonchev–Trinajstić information content (AvgIpc) is 2.77. The first-order chi connectivity index (χ1) is 12.3. The van der Waals surface area contributed by atoms with Gasteiger partial charge in [0.25, 0.3) is 10.0 Å². The minimum absolute atomic E-state index is 0.158. The molecule has 0 spiro atoms. The van der Waals surface area contributed by atoms with Crippen LogP contribution in [0.15, 0.2) is 63.0 Å². The third-order valence-electron chi connectivity index (χ3n) is 3.72. The van der Waals surface area contributed by atoms with Crippen LogP contribution in [-0.4, -0.2) is 20.2 Å². The lowest BCUT2D eigenvalue weighted by molar-refractivity contribution is -0.114. The molecule has 0 saturated carbocycles. The zero-order valence-electron chi connectivity index (χ0n) is 14.1. The highest BCUT2D eigenvalue weighted by Crippen LogP contribution is 2.34. The molecule has 1 amide bonds. The number of nitrogens with one attached hydrogen (secondary N) is 2. The van der Waals surface area contributed by atoms with Gasteiger partial charge in [-0.3, -0.25) is 4.79 Å². The van der Waals surface area contributed by atoms with E-state index in [1.807, 2.05) is 6.07 Å². The third-order valence-corrected chi connectivity index (χ3v) is 5.69. The highest BCUT2D eigenvalue weighted by Gasteiger charge is 2.31. The van der Waals surface area contributed by atoms with Crippen molar-refractivity contribution in [2.24, 2.45) is 4.40 Å². The normalized spacial score (nSPS) is 15.6. The minimum atomic E-state index is -3.77. The molecule has 0 radical (unpaired) electrons. The molecule has 3 rings (SSSR count). The Kier molecular flexibility index (Phi) is 4.97. The Bertz CT molecular complexity index is 1040. The summed E-state index contributed by atoms with van der Waals surface area (Å²) in [5.41, 5.74) is 2.46. The molecule has 2 N–H and O–H groups in total. The molecule has 0 bridgehead atoms. The first kappa shape index (κ1) is 18.3. The number of nitrogens with zero attached hydrogens (tertiary/aromatic N) is 1. The van der Waals surface area contributed by atoms with Gasteiger partial charge < -0.3 is 10.6 Å². The number of sulfonamides is 1. The fraction of sp³-hybridized carbons (Fsp3) is 0.111. The van der Waals surface area contributed by atoms with Crippen LogP contribution in [0, 0.1) is 0 Å². The monoisotopic (exact) mass is 433 g/mol. The van der Waals surface area contributed by atoms with E-state index in [9.17, 15) is 13.2 Å². The van der Waals surface area contributed by atoms with Gasteiger partial charge in [0.15, 0.2) is 0 Å². The Balaban J connectivity index is 1.90. The van der Waals surface area contributed by atoms with Crippen LogP contribution in [-0.2, 0) is 14.8 Å². The van der Waals surface area contributed by atoms with Gasteiger partial charge in [0.05, 0.1) is 0 Å². The van der Waals surface area contributed by atoms with Crippen molar-refractivity contribution < 1.29 is 13.2 Å². The van der Waals surface area contributed by atoms with Crippen molar-refractivity contribution in [1.29, 1.82) is 0 Å². The second-order valence-corrected chi connectivity index (χ2v) is 8.22. The van der Waals surface area contributed by atoms with E-state index in [4.69, 9.17) is 0 Å². The van der Waals surface area contributed by atoms with Gasteiger partial charge in [0, 0.05) is 28.3 Å². The molecule has 1 aliphatic heterocycles. The zero-order valence-corrected chi connectivity index (χ0v) is 16.5. The summed E-state index contributed by atoms with van der Waals surface area (Å²) in [6.45, 7) is 3.15. The summed E-state index contributed by atoms with van der Waals surface area (Å²) >= 11 is 3.36. The lowest BCUT2D eigenvalue weighted by Crippen LogP contribution is -2.11. The molecular weight excluding hydrogens is 418 g/mol. The maximum absolute atomic E-state index is 12.5. The Hall–Kier alpha value is -2.45. The van der Waals surface area contributed by atoms with Gasteiger partial charge in [-0.2, -0.15) is 8.42 Å². The second-order valence-electron chi connectivity index (χ2n) is 5.76. The molecular formula is C18H16BrN3O3S. The molecule has 0 fully saturated rings. The van der Waals surface area contributed by atoms with Crippen LogP contribution >= 0.6 is 15.9 Å². The Morgan fingerprint density at radius 1 is 1.08 bits per heavy atom. The first-order valence-corrected chi connectivity index (χ1v) is 9.96. The minimum Gasteiger partial charge on any atom is -0.339 e. The number of benzene rings is 2. The molecule has 1 aliphatic rings. The summed E-state index contributed by atoms with van der Waals surface area (Å²) in [5, 5.41) is 5.70. The molecule has 134 valence electrons. The van der Waals surface area contributed by atoms with Gasteiger partial charge in [-0.25, -0.2) is 0 Å². The molecule has 0 aromatic heterocycles. The van der Waals surface area contributed by atoms with Crippen molar-refractivity contribution in [3.8, 4) is 0 Å². The number of rotatable bonds is 3. The second kappa shape index (κ2) is 7.05. The summed E-state index contributed by atoms with van der Waals surface area (Å²) in [5.74, 6) is 0.127. The average molecular weight is 434 g/mol. The topological polar surface area (TPSA) is 87.6 Å². The third kappa shape index (κ3) is 3.86. The maximum Gasteiger partial charge on any atom is 0.285 e. The Morgan fingerprint density at radius 3 is 2.35 bits per heavy atom. The summed E-state index contributed by atoms with van der Waals surface area (Å²) in [6, 6.07) is 14.0. The molecule has 0 saturated heterocycles. The Morgan fingerprint density at radius 2 is 1.73 bits per heavy atom. The van der Waals surface area contributed by atoms with Crippen LogP contribution in [0.2, 0.25) is 0 Å². The van der Waals surface area contributed by atoms with Crippen molar-refractivity contribution in [3.05, 3.63) is 64.1 Å². The number of hydrogen-bond acceptors (Lipinski definition) is 4. The van der Waals surface area contributed by atoms with E-state index in [-0.39, 0.29) is 16.6 Å². The maximum atomic E-state index is 12.5. The van der Waals surface area contributed by atoms with Crippen LogP contribution in [0.5, 0.6) is 0 Å². The number of carbonyl (C=O) groups excluding carboxylic acids is 1. The van der Waals surface area contributed by atoms with E-state index in [2.05, 4.69) is 31.0 Å². The number of halogens is 1. The standard InChI is InChI=1S/C18H16BrN3O3S/c1-11-17(13-4-3-5-14(19)10-13)26(24,25)22-18(11)21-16-8-6-15(7-9-16)20-12(2)23/h3-10H,1-2H3,(H,20,23)(H,21,22). The van der Waals surface area contributed by atoms with Crippen molar-refractivity contribution in [2.45, 2.75) is 13.8 Å². The van der Waals surface area contributed by atoms with Crippen molar-refractivity contribution >= 4 is 54.0 Å². The van der Waals surface area contributed by atoms with E-state index in [0.717, 1.165) is 4.47 Å². The van der Waals surface area contributed by atoms with E-state index in [0.29, 0.717) is 22.5 Å². The van der Waals surface area contributed by atoms with Crippen LogP contribution in [0.3, 0.4) is 0 Å². The van der Waals surface area contributed by atoms with Gasteiger partial charge in [0.1, 0.15) is 10.7 Å². The molecule has 26 heavy (non-hydrogen) atoms. The van der Waals surface area contributed by atoms with Crippen LogP contribution < -0.4 is 10.6 Å². The number of carbonyl (C=O) groups is 1. The fourth-order valence-electron chi connectivity index (χ4n) is 2.62. The number of amidine groups is 1. The summed E-state index contributed by atoms with van der Waals surface area (Å²) in [7, 11) is -3.77. The Labute approximate surface area is 160 Å². The molecule has 0 unspecified atom stereocenters. The lowest BCUT2D eigenvalue weighted by Gasteiger charge is -2.08. The quantitative estimate of drug-likeness (QED) is 0.765. The highest BCUT2D eigenvalue weighted by atomic mass is 79.9. The number of amides is 1. The number of anilines is 2. The molecule has 0 aliphatic carbocycles. The van der Waals surface area contributed by atoms with Gasteiger partial charge >= 0.3 is 0 Å². The van der Waals surface area contributed by atoms with Crippen LogP contribution in [0.4, 0.5) is 11.4 Å². The van der Waals surface area contributed by atoms with Crippen molar-refractivity contribution in [1.82, 2.24) is 0 Å². The summed E-state index contributed by atoms with van der Waals surface area (Å²) in [6.07, 6.45) is 0. The lowest BCUT2D eigenvalue weighted by atomic mass is 10.1. The SMILES string of the molecule is CC(=O)Nc1ccc(NC2=NS(=O)(=O)C(c3cccc(Br)c3)=C2C)cc1.